The molecule has 3 rings (SSSR count). The molecule has 1 atom stereocenters. The first-order valence-corrected chi connectivity index (χ1v) is 8.19. The van der Waals surface area contributed by atoms with Gasteiger partial charge in [0.2, 0.25) is 0 Å². The lowest BCUT2D eigenvalue weighted by Crippen LogP contribution is -2.29. The molecule has 1 amide bonds. The SMILES string of the molecule is CCC(NC(=O)c1n[nH]c2c1CCCC2)c1cccc(Cl)c1. The zero-order valence-electron chi connectivity index (χ0n) is 12.7. The van der Waals surface area contributed by atoms with Gasteiger partial charge in [0.1, 0.15) is 0 Å². The lowest BCUT2D eigenvalue weighted by Gasteiger charge is -2.18. The number of aromatic nitrogens is 2. The highest BCUT2D eigenvalue weighted by molar-refractivity contribution is 6.30. The molecule has 0 aliphatic heterocycles. The van der Waals surface area contributed by atoms with E-state index in [0.717, 1.165) is 48.9 Å². The maximum absolute atomic E-state index is 12.6. The Kier molecular flexibility index (Phi) is 4.48. The van der Waals surface area contributed by atoms with Gasteiger partial charge in [-0.3, -0.25) is 9.89 Å². The van der Waals surface area contributed by atoms with E-state index < -0.39 is 0 Å². The standard InChI is InChI=1S/C17H20ClN3O/c1-2-14(11-6-5-7-12(18)10-11)19-17(22)16-13-8-3-4-9-15(13)20-21-16/h5-7,10,14H,2-4,8-9H2,1H3,(H,19,22)(H,20,21). The summed E-state index contributed by atoms with van der Waals surface area (Å²) in [6.45, 7) is 2.05. The van der Waals surface area contributed by atoms with E-state index in [0.29, 0.717) is 10.7 Å². The van der Waals surface area contributed by atoms with Gasteiger partial charge in [-0.1, -0.05) is 30.7 Å². The maximum atomic E-state index is 12.6. The number of benzene rings is 1. The minimum Gasteiger partial charge on any atom is -0.344 e. The summed E-state index contributed by atoms with van der Waals surface area (Å²) in [4.78, 5) is 12.6. The molecule has 0 bridgehead atoms. The normalized spacial score (nSPS) is 15.2. The van der Waals surface area contributed by atoms with Crippen LogP contribution in [-0.2, 0) is 12.8 Å². The summed E-state index contributed by atoms with van der Waals surface area (Å²) in [6, 6.07) is 7.57. The molecule has 0 radical (unpaired) electrons. The van der Waals surface area contributed by atoms with Crippen molar-refractivity contribution in [2.24, 2.45) is 0 Å². The van der Waals surface area contributed by atoms with Crippen LogP contribution in [0.2, 0.25) is 5.02 Å². The summed E-state index contributed by atoms with van der Waals surface area (Å²) in [7, 11) is 0. The summed E-state index contributed by atoms with van der Waals surface area (Å²) in [6.07, 6.45) is 5.01. The van der Waals surface area contributed by atoms with Crippen molar-refractivity contribution in [1.29, 1.82) is 0 Å². The topological polar surface area (TPSA) is 57.8 Å². The van der Waals surface area contributed by atoms with Crippen molar-refractivity contribution in [2.45, 2.75) is 45.1 Å². The Labute approximate surface area is 135 Å². The van der Waals surface area contributed by atoms with Crippen molar-refractivity contribution in [3.63, 3.8) is 0 Å². The number of carbonyl (C=O) groups is 1. The van der Waals surface area contributed by atoms with Crippen LogP contribution in [0.1, 0.15) is 59.5 Å². The fourth-order valence-corrected chi connectivity index (χ4v) is 3.24. The number of aryl methyl sites for hydroxylation is 1. The van der Waals surface area contributed by atoms with Crippen LogP contribution in [0.5, 0.6) is 0 Å². The first-order valence-electron chi connectivity index (χ1n) is 7.81. The van der Waals surface area contributed by atoms with E-state index >= 15 is 0 Å². The Hall–Kier alpha value is -1.81. The van der Waals surface area contributed by atoms with Crippen LogP contribution in [0.4, 0.5) is 0 Å². The molecule has 1 heterocycles. The van der Waals surface area contributed by atoms with Crippen molar-refractivity contribution in [3.8, 4) is 0 Å². The van der Waals surface area contributed by atoms with E-state index in [1.54, 1.807) is 0 Å². The van der Waals surface area contributed by atoms with E-state index in [-0.39, 0.29) is 11.9 Å². The quantitative estimate of drug-likeness (QED) is 0.900. The highest BCUT2D eigenvalue weighted by Gasteiger charge is 2.23. The van der Waals surface area contributed by atoms with Gasteiger partial charge in [0.25, 0.3) is 5.91 Å². The average Bonchev–Trinajstić information content (AvgIpc) is 2.96. The van der Waals surface area contributed by atoms with Crippen molar-refractivity contribution in [2.75, 3.05) is 0 Å². The molecule has 0 saturated heterocycles. The third kappa shape index (κ3) is 3.02. The van der Waals surface area contributed by atoms with Crippen molar-refractivity contribution >= 4 is 17.5 Å². The third-order valence-electron chi connectivity index (χ3n) is 4.24. The number of hydrogen-bond acceptors (Lipinski definition) is 2. The molecule has 1 aliphatic carbocycles. The van der Waals surface area contributed by atoms with Gasteiger partial charge < -0.3 is 5.32 Å². The zero-order valence-corrected chi connectivity index (χ0v) is 13.4. The van der Waals surface area contributed by atoms with E-state index in [1.807, 2.05) is 31.2 Å². The lowest BCUT2D eigenvalue weighted by atomic mass is 9.95. The van der Waals surface area contributed by atoms with Crippen LogP contribution in [0.3, 0.4) is 0 Å². The molecule has 1 aromatic carbocycles. The minimum atomic E-state index is -0.105. The number of rotatable bonds is 4. The Morgan fingerprint density at radius 2 is 2.23 bits per heavy atom. The van der Waals surface area contributed by atoms with E-state index in [9.17, 15) is 4.79 Å². The number of fused-ring (bicyclic) bond motifs is 1. The molecular weight excluding hydrogens is 298 g/mol. The molecular formula is C17H20ClN3O. The van der Waals surface area contributed by atoms with Gasteiger partial charge in [0.05, 0.1) is 6.04 Å². The fraction of sp³-hybridized carbons (Fsp3) is 0.412. The molecule has 1 aliphatic rings. The lowest BCUT2D eigenvalue weighted by molar-refractivity contribution is 0.0929. The Balaban J connectivity index is 1.79. The average molecular weight is 318 g/mol. The first kappa shape index (κ1) is 15.1. The molecule has 0 fully saturated rings. The van der Waals surface area contributed by atoms with Gasteiger partial charge in [0, 0.05) is 16.3 Å². The molecule has 2 N–H and O–H groups in total. The summed E-state index contributed by atoms with van der Waals surface area (Å²) < 4.78 is 0. The molecule has 5 heteroatoms. The van der Waals surface area contributed by atoms with Gasteiger partial charge in [-0.2, -0.15) is 5.10 Å². The van der Waals surface area contributed by atoms with Crippen LogP contribution in [-0.4, -0.2) is 16.1 Å². The monoisotopic (exact) mass is 317 g/mol. The van der Waals surface area contributed by atoms with Crippen molar-refractivity contribution < 1.29 is 4.79 Å². The second kappa shape index (κ2) is 6.53. The molecule has 116 valence electrons. The van der Waals surface area contributed by atoms with Crippen molar-refractivity contribution in [3.05, 3.63) is 51.8 Å². The Morgan fingerprint density at radius 1 is 1.41 bits per heavy atom. The molecule has 1 unspecified atom stereocenters. The maximum Gasteiger partial charge on any atom is 0.272 e. The Bertz CT molecular complexity index is 680. The predicted molar refractivity (Wildman–Crippen MR) is 87.2 cm³/mol. The molecule has 0 spiro atoms. The summed E-state index contributed by atoms with van der Waals surface area (Å²) >= 11 is 6.05. The summed E-state index contributed by atoms with van der Waals surface area (Å²) in [5, 5.41) is 11.0. The Morgan fingerprint density at radius 3 is 3.00 bits per heavy atom. The second-order valence-electron chi connectivity index (χ2n) is 5.73. The molecule has 22 heavy (non-hydrogen) atoms. The van der Waals surface area contributed by atoms with E-state index in [1.165, 1.54) is 0 Å². The van der Waals surface area contributed by atoms with Gasteiger partial charge in [-0.25, -0.2) is 0 Å². The number of amides is 1. The number of aromatic amines is 1. The highest BCUT2D eigenvalue weighted by Crippen LogP contribution is 2.24. The molecule has 4 nitrogen and oxygen atoms in total. The number of hydrogen-bond donors (Lipinski definition) is 2. The second-order valence-corrected chi connectivity index (χ2v) is 6.16. The highest BCUT2D eigenvalue weighted by atomic mass is 35.5. The molecule has 0 saturated carbocycles. The number of halogens is 1. The zero-order chi connectivity index (χ0) is 15.5. The van der Waals surface area contributed by atoms with Gasteiger partial charge in [0.15, 0.2) is 5.69 Å². The smallest absolute Gasteiger partial charge is 0.272 e. The summed E-state index contributed by atoms with van der Waals surface area (Å²) in [5.41, 5.74) is 3.78. The van der Waals surface area contributed by atoms with E-state index in [4.69, 9.17) is 11.6 Å². The number of H-pyrrole nitrogens is 1. The van der Waals surface area contributed by atoms with Crippen LogP contribution in [0, 0.1) is 0 Å². The molecule has 1 aromatic heterocycles. The van der Waals surface area contributed by atoms with Crippen LogP contribution >= 0.6 is 11.6 Å². The largest absolute Gasteiger partial charge is 0.344 e. The van der Waals surface area contributed by atoms with Crippen LogP contribution in [0.15, 0.2) is 24.3 Å². The summed E-state index contributed by atoms with van der Waals surface area (Å²) in [5.74, 6) is -0.105. The van der Waals surface area contributed by atoms with Gasteiger partial charge >= 0.3 is 0 Å². The number of nitrogens with zero attached hydrogens (tertiary/aromatic N) is 1. The van der Waals surface area contributed by atoms with E-state index in [2.05, 4.69) is 15.5 Å². The van der Waals surface area contributed by atoms with Crippen LogP contribution < -0.4 is 5.32 Å². The predicted octanol–water partition coefficient (Wildman–Crippen LogP) is 3.82. The minimum absolute atomic E-state index is 0.0536. The van der Waals surface area contributed by atoms with Gasteiger partial charge in [-0.05, 0) is 49.8 Å². The van der Waals surface area contributed by atoms with Crippen molar-refractivity contribution in [1.82, 2.24) is 15.5 Å². The third-order valence-corrected chi connectivity index (χ3v) is 4.47. The number of nitrogens with one attached hydrogen (secondary N) is 2. The number of carbonyl (C=O) groups excluding carboxylic acids is 1. The fourth-order valence-electron chi connectivity index (χ4n) is 3.04. The first-order chi connectivity index (χ1) is 10.7. The van der Waals surface area contributed by atoms with Crippen LogP contribution in [0.25, 0.3) is 0 Å². The van der Waals surface area contributed by atoms with Gasteiger partial charge in [-0.15, -0.1) is 0 Å². The molecule has 2 aromatic rings.